The number of para-hydroxylation sites is 1. The van der Waals surface area contributed by atoms with Gasteiger partial charge in [0, 0.05) is 15.9 Å². The lowest BCUT2D eigenvalue weighted by atomic mass is 10.1. The molecule has 1 N–H and O–H groups in total. The molecule has 0 aliphatic rings. The Morgan fingerprint density at radius 3 is 2.43 bits per heavy atom. The zero-order chi connectivity index (χ0) is 20.6. The minimum Gasteiger partial charge on any atom is -0.321 e. The van der Waals surface area contributed by atoms with Crippen molar-refractivity contribution >= 4 is 39.1 Å². The van der Waals surface area contributed by atoms with Gasteiger partial charge in [0.25, 0.3) is 5.91 Å². The second kappa shape index (κ2) is 7.64. The Hall–Kier alpha value is -2.25. The van der Waals surface area contributed by atoms with E-state index in [0.29, 0.717) is 22.1 Å². The molecule has 0 atom stereocenters. The van der Waals surface area contributed by atoms with Crippen LogP contribution in [0.2, 0.25) is 5.02 Å². The minimum absolute atomic E-state index is 0.0225. The third kappa shape index (κ3) is 3.95. The van der Waals surface area contributed by atoms with Crippen molar-refractivity contribution in [2.45, 2.75) is 20.0 Å². The summed E-state index contributed by atoms with van der Waals surface area (Å²) >= 11 is 9.42. The number of carbonyl (C=O) groups is 1. The highest BCUT2D eigenvalue weighted by atomic mass is 79.9. The molecule has 0 radical (unpaired) electrons. The standard InChI is InChI=1S/C20H15BrClF3N2O/c1-11-9-14(19(28)26-17-8-7-13(21)10-16(17)22)12(2)27(11)18-6-4-3-5-15(18)20(23,24)25/h3-10H,1-2H3,(H,26,28). The Kier molecular flexibility index (Phi) is 5.59. The van der Waals surface area contributed by atoms with Crippen LogP contribution in [0, 0.1) is 13.8 Å². The molecule has 1 amide bonds. The van der Waals surface area contributed by atoms with Crippen molar-refractivity contribution in [2.24, 2.45) is 0 Å². The van der Waals surface area contributed by atoms with Crippen LogP contribution in [0.1, 0.15) is 27.3 Å². The monoisotopic (exact) mass is 470 g/mol. The van der Waals surface area contributed by atoms with Gasteiger partial charge in [-0.15, -0.1) is 0 Å². The van der Waals surface area contributed by atoms with Crippen molar-refractivity contribution in [3.63, 3.8) is 0 Å². The second-order valence-corrected chi connectivity index (χ2v) is 7.54. The van der Waals surface area contributed by atoms with Crippen LogP contribution in [0.5, 0.6) is 0 Å². The van der Waals surface area contributed by atoms with E-state index in [4.69, 9.17) is 11.6 Å². The highest BCUT2D eigenvalue weighted by Crippen LogP contribution is 2.35. The van der Waals surface area contributed by atoms with Crippen LogP contribution in [0.25, 0.3) is 5.69 Å². The van der Waals surface area contributed by atoms with E-state index in [0.717, 1.165) is 10.5 Å². The predicted octanol–water partition coefficient (Wildman–Crippen LogP) is 6.78. The quantitative estimate of drug-likeness (QED) is 0.449. The number of benzene rings is 2. The number of nitrogens with one attached hydrogen (secondary N) is 1. The van der Waals surface area contributed by atoms with E-state index >= 15 is 0 Å². The van der Waals surface area contributed by atoms with Gasteiger partial charge in [-0.3, -0.25) is 4.79 Å². The normalized spacial score (nSPS) is 11.5. The summed E-state index contributed by atoms with van der Waals surface area (Å²) in [5.41, 5.74) is 0.815. The first kappa shape index (κ1) is 20.5. The Morgan fingerprint density at radius 2 is 1.79 bits per heavy atom. The van der Waals surface area contributed by atoms with Crippen LogP contribution < -0.4 is 5.32 Å². The molecule has 0 saturated carbocycles. The van der Waals surface area contributed by atoms with Gasteiger partial charge in [0.15, 0.2) is 0 Å². The van der Waals surface area contributed by atoms with Crippen molar-refractivity contribution in [1.29, 1.82) is 0 Å². The van der Waals surface area contributed by atoms with Crippen molar-refractivity contribution in [2.75, 3.05) is 5.32 Å². The van der Waals surface area contributed by atoms with Gasteiger partial charge in [0.05, 0.1) is 27.5 Å². The van der Waals surface area contributed by atoms with Gasteiger partial charge in [-0.05, 0) is 50.2 Å². The summed E-state index contributed by atoms with van der Waals surface area (Å²) in [6.07, 6.45) is -4.51. The molecule has 3 rings (SSSR count). The minimum atomic E-state index is -4.51. The first-order valence-corrected chi connectivity index (χ1v) is 9.38. The van der Waals surface area contributed by atoms with Crippen molar-refractivity contribution in [3.8, 4) is 5.69 Å². The maximum absolute atomic E-state index is 13.4. The molecule has 0 aliphatic heterocycles. The van der Waals surface area contributed by atoms with E-state index in [1.54, 1.807) is 38.1 Å². The zero-order valence-corrected chi connectivity index (χ0v) is 17.2. The zero-order valence-electron chi connectivity index (χ0n) is 14.9. The van der Waals surface area contributed by atoms with Gasteiger partial charge in [-0.25, -0.2) is 0 Å². The van der Waals surface area contributed by atoms with E-state index < -0.39 is 17.6 Å². The third-order valence-corrected chi connectivity index (χ3v) is 5.11. The summed E-state index contributed by atoms with van der Waals surface area (Å²) in [4.78, 5) is 12.7. The molecule has 146 valence electrons. The number of alkyl halides is 3. The van der Waals surface area contributed by atoms with Gasteiger partial charge < -0.3 is 9.88 Å². The summed E-state index contributed by atoms with van der Waals surface area (Å²) in [6.45, 7) is 3.27. The number of rotatable bonds is 3. The Labute approximate surface area is 173 Å². The highest BCUT2D eigenvalue weighted by Gasteiger charge is 2.34. The molecule has 0 fully saturated rings. The maximum Gasteiger partial charge on any atom is 0.418 e. The molecule has 3 nitrogen and oxygen atoms in total. The number of aromatic nitrogens is 1. The predicted molar refractivity (Wildman–Crippen MR) is 107 cm³/mol. The molecule has 0 spiro atoms. The van der Waals surface area contributed by atoms with Crippen LogP contribution >= 0.6 is 27.5 Å². The van der Waals surface area contributed by atoms with Crippen LogP contribution in [0.3, 0.4) is 0 Å². The van der Waals surface area contributed by atoms with Gasteiger partial charge in [0.2, 0.25) is 0 Å². The van der Waals surface area contributed by atoms with Gasteiger partial charge in [0.1, 0.15) is 0 Å². The van der Waals surface area contributed by atoms with Crippen LogP contribution in [0.15, 0.2) is 53.0 Å². The lowest BCUT2D eigenvalue weighted by Gasteiger charge is -2.17. The number of anilines is 1. The number of carbonyl (C=O) groups excluding carboxylic acids is 1. The molecule has 3 aromatic rings. The lowest BCUT2D eigenvalue weighted by molar-refractivity contribution is -0.137. The molecular weight excluding hydrogens is 457 g/mol. The molecule has 28 heavy (non-hydrogen) atoms. The summed E-state index contributed by atoms with van der Waals surface area (Å²) < 4.78 is 42.4. The summed E-state index contributed by atoms with van der Waals surface area (Å²) in [6, 6.07) is 11.8. The molecule has 1 heterocycles. The van der Waals surface area contributed by atoms with Crippen molar-refractivity contribution in [3.05, 3.63) is 80.5 Å². The molecule has 0 bridgehead atoms. The van der Waals surface area contributed by atoms with E-state index in [1.807, 2.05) is 0 Å². The van der Waals surface area contributed by atoms with E-state index in [2.05, 4.69) is 21.2 Å². The number of nitrogens with zero attached hydrogens (tertiary/aromatic N) is 1. The van der Waals surface area contributed by atoms with Crippen LogP contribution in [-0.2, 0) is 6.18 Å². The van der Waals surface area contributed by atoms with Gasteiger partial charge >= 0.3 is 6.18 Å². The molecule has 0 unspecified atom stereocenters. The topological polar surface area (TPSA) is 34.0 Å². The first-order valence-electron chi connectivity index (χ1n) is 8.21. The van der Waals surface area contributed by atoms with E-state index in [-0.39, 0.29) is 11.3 Å². The van der Waals surface area contributed by atoms with Crippen LogP contribution in [-0.4, -0.2) is 10.5 Å². The molecular formula is C20H15BrClF3N2O. The largest absolute Gasteiger partial charge is 0.418 e. The van der Waals surface area contributed by atoms with Gasteiger partial charge in [-0.1, -0.05) is 39.7 Å². The smallest absolute Gasteiger partial charge is 0.321 e. The summed E-state index contributed by atoms with van der Waals surface area (Å²) in [7, 11) is 0. The molecule has 1 aromatic heterocycles. The highest BCUT2D eigenvalue weighted by molar-refractivity contribution is 9.10. The fraction of sp³-hybridized carbons (Fsp3) is 0.150. The summed E-state index contributed by atoms with van der Waals surface area (Å²) in [5.74, 6) is -0.451. The third-order valence-electron chi connectivity index (χ3n) is 4.31. The molecule has 0 saturated heterocycles. The molecule has 2 aromatic carbocycles. The van der Waals surface area contributed by atoms with E-state index in [1.165, 1.54) is 22.8 Å². The first-order chi connectivity index (χ1) is 13.1. The molecule has 0 aliphatic carbocycles. The summed E-state index contributed by atoms with van der Waals surface area (Å²) in [5, 5.41) is 3.05. The average molecular weight is 472 g/mol. The molecule has 8 heteroatoms. The Balaban J connectivity index is 2.03. The number of hydrogen-bond donors (Lipinski definition) is 1. The Bertz CT molecular complexity index is 1060. The van der Waals surface area contributed by atoms with Gasteiger partial charge in [-0.2, -0.15) is 13.2 Å². The lowest BCUT2D eigenvalue weighted by Crippen LogP contribution is -2.15. The second-order valence-electron chi connectivity index (χ2n) is 6.21. The number of hydrogen-bond acceptors (Lipinski definition) is 1. The average Bonchev–Trinajstić information content (AvgIpc) is 2.91. The van der Waals surface area contributed by atoms with E-state index in [9.17, 15) is 18.0 Å². The fourth-order valence-electron chi connectivity index (χ4n) is 3.05. The fourth-order valence-corrected chi connectivity index (χ4v) is 3.77. The Morgan fingerprint density at radius 1 is 1.11 bits per heavy atom. The van der Waals surface area contributed by atoms with Crippen molar-refractivity contribution < 1.29 is 18.0 Å². The van der Waals surface area contributed by atoms with Crippen molar-refractivity contribution in [1.82, 2.24) is 4.57 Å². The number of halogens is 5. The number of aryl methyl sites for hydroxylation is 1. The number of amides is 1. The maximum atomic E-state index is 13.4. The van der Waals surface area contributed by atoms with Crippen LogP contribution in [0.4, 0.5) is 18.9 Å². The SMILES string of the molecule is Cc1cc(C(=O)Nc2ccc(Br)cc2Cl)c(C)n1-c1ccccc1C(F)(F)F.